The summed E-state index contributed by atoms with van der Waals surface area (Å²) in [5.41, 5.74) is 1.13. The van der Waals surface area contributed by atoms with Crippen LogP contribution >= 0.6 is 0 Å². The second kappa shape index (κ2) is 3.13. The molecule has 0 saturated carbocycles. The number of aromatic nitrogens is 4. The van der Waals surface area contributed by atoms with E-state index in [2.05, 4.69) is 20.2 Å². The summed E-state index contributed by atoms with van der Waals surface area (Å²) < 4.78 is 0. The Hall–Kier alpha value is -1.71. The first-order valence-electron chi connectivity index (χ1n) is 3.68. The highest BCUT2D eigenvalue weighted by molar-refractivity contribution is 5.13. The Morgan fingerprint density at radius 2 is 2.42 bits per heavy atom. The van der Waals surface area contributed by atoms with Gasteiger partial charge >= 0.3 is 0 Å². The summed E-state index contributed by atoms with van der Waals surface area (Å²) in [7, 11) is 0. The van der Waals surface area contributed by atoms with Crippen molar-refractivity contribution in [3.63, 3.8) is 0 Å². The standard InChI is InChI=1S/C8H8N4/c1-2-7(5-9-3-1)4-8-10-6-11-12-8/h1-3,5-6H,4H2,(H,10,11,12). The summed E-state index contributed by atoms with van der Waals surface area (Å²) in [4.78, 5) is 8.02. The van der Waals surface area contributed by atoms with Crippen molar-refractivity contribution in [2.24, 2.45) is 0 Å². The number of nitrogens with one attached hydrogen (secondary N) is 1. The number of aromatic amines is 1. The molecule has 0 aliphatic heterocycles. The number of hydrogen-bond acceptors (Lipinski definition) is 3. The normalized spacial score (nSPS) is 10.0. The highest BCUT2D eigenvalue weighted by atomic mass is 15.2. The largest absolute Gasteiger partial charge is 0.264 e. The molecule has 12 heavy (non-hydrogen) atoms. The molecule has 0 unspecified atom stereocenters. The van der Waals surface area contributed by atoms with Gasteiger partial charge in [0.25, 0.3) is 0 Å². The van der Waals surface area contributed by atoms with Gasteiger partial charge in [0, 0.05) is 18.8 Å². The third kappa shape index (κ3) is 1.47. The summed E-state index contributed by atoms with van der Waals surface area (Å²) in [6.07, 6.45) is 5.84. The molecule has 2 aromatic rings. The molecule has 60 valence electrons. The SMILES string of the molecule is c1cncc(Cc2ncn[nH]2)c1. The smallest absolute Gasteiger partial charge is 0.137 e. The molecular weight excluding hydrogens is 152 g/mol. The van der Waals surface area contributed by atoms with Crippen LogP contribution in [0.1, 0.15) is 11.4 Å². The van der Waals surface area contributed by atoms with Crippen molar-refractivity contribution in [1.29, 1.82) is 0 Å². The van der Waals surface area contributed by atoms with E-state index in [0.717, 1.165) is 17.8 Å². The lowest BCUT2D eigenvalue weighted by atomic mass is 10.2. The number of pyridine rings is 1. The molecule has 0 aliphatic carbocycles. The quantitative estimate of drug-likeness (QED) is 0.706. The van der Waals surface area contributed by atoms with Gasteiger partial charge in [-0.2, -0.15) is 5.10 Å². The van der Waals surface area contributed by atoms with Crippen LogP contribution in [0.3, 0.4) is 0 Å². The van der Waals surface area contributed by atoms with E-state index >= 15 is 0 Å². The van der Waals surface area contributed by atoms with Gasteiger partial charge in [0.1, 0.15) is 12.2 Å². The molecule has 4 heteroatoms. The Balaban J connectivity index is 2.15. The van der Waals surface area contributed by atoms with Gasteiger partial charge in [-0.3, -0.25) is 10.1 Å². The third-order valence-electron chi connectivity index (χ3n) is 1.56. The summed E-state index contributed by atoms with van der Waals surface area (Å²) in [5, 5.41) is 6.56. The average molecular weight is 160 g/mol. The summed E-state index contributed by atoms with van der Waals surface area (Å²) >= 11 is 0. The van der Waals surface area contributed by atoms with Gasteiger partial charge in [-0.1, -0.05) is 6.07 Å². The minimum atomic E-state index is 0.758. The van der Waals surface area contributed by atoms with Crippen LogP contribution in [-0.4, -0.2) is 20.2 Å². The van der Waals surface area contributed by atoms with E-state index in [4.69, 9.17) is 0 Å². The van der Waals surface area contributed by atoms with Crippen LogP contribution in [0.25, 0.3) is 0 Å². The first kappa shape index (κ1) is 6.97. The van der Waals surface area contributed by atoms with Gasteiger partial charge in [0.05, 0.1) is 0 Å². The van der Waals surface area contributed by atoms with Gasteiger partial charge in [0.2, 0.25) is 0 Å². The monoisotopic (exact) mass is 160 g/mol. The zero-order chi connectivity index (χ0) is 8.23. The highest BCUT2D eigenvalue weighted by Crippen LogP contribution is 2.01. The molecule has 2 aromatic heterocycles. The zero-order valence-corrected chi connectivity index (χ0v) is 6.44. The van der Waals surface area contributed by atoms with E-state index in [1.165, 1.54) is 6.33 Å². The maximum absolute atomic E-state index is 4.02. The van der Waals surface area contributed by atoms with Crippen LogP contribution in [0.15, 0.2) is 30.9 Å². The third-order valence-corrected chi connectivity index (χ3v) is 1.56. The second-order valence-electron chi connectivity index (χ2n) is 2.47. The van der Waals surface area contributed by atoms with E-state index in [9.17, 15) is 0 Å². The van der Waals surface area contributed by atoms with Crippen LogP contribution < -0.4 is 0 Å². The second-order valence-corrected chi connectivity index (χ2v) is 2.47. The fraction of sp³-hybridized carbons (Fsp3) is 0.125. The van der Waals surface area contributed by atoms with Crippen LogP contribution in [0, 0.1) is 0 Å². The van der Waals surface area contributed by atoms with E-state index < -0.39 is 0 Å². The lowest BCUT2D eigenvalue weighted by Crippen LogP contribution is -1.90. The van der Waals surface area contributed by atoms with Gasteiger partial charge in [-0.05, 0) is 11.6 Å². The van der Waals surface area contributed by atoms with Gasteiger partial charge in [0.15, 0.2) is 0 Å². The molecule has 0 aliphatic rings. The van der Waals surface area contributed by atoms with Gasteiger partial charge in [-0.25, -0.2) is 4.98 Å². The average Bonchev–Trinajstić information content (AvgIpc) is 2.59. The lowest BCUT2D eigenvalue weighted by molar-refractivity contribution is 0.966. The molecule has 2 heterocycles. The Morgan fingerprint density at radius 1 is 1.42 bits per heavy atom. The van der Waals surface area contributed by atoms with Crippen molar-refractivity contribution in [2.75, 3.05) is 0 Å². The fourth-order valence-corrected chi connectivity index (χ4v) is 1.01. The van der Waals surface area contributed by atoms with Gasteiger partial charge < -0.3 is 0 Å². The maximum atomic E-state index is 4.02. The molecule has 0 bridgehead atoms. The maximum Gasteiger partial charge on any atom is 0.137 e. The molecule has 0 atom stereocenters. The Morgan fingerprint density at radius 3 is 3.08 bits per heavy atom. The Labute approximate surface area is 69.7 Å². The van der Waals surface area contributed by atoms with E-state index in [-0.39, 0.29) is 0 Å². The van der Waals surface area contributed by atoms with Crippen LogP contribution in [-0.2, 0) is 6.42 Å². The molecule has 0 radical (unpaired) electrons. The van der Waals surface area contributed by atoms with Crippen molar-refractivity contribution < 1.29 is 0 Å². The van der Waals surface area contributed by atoms with Crippen LogP contribution in [0.4, 0.5) is 0 Å². The lowest BCUT2D eigenvalue weighted by Gasteiger charge is -1.94. The van der Waals surface area contributed by atoms with Crippen LogP contribution in [0.2, 0.25) is 0 Å². The van der Waals surface area contributed by atoms with E-state index in [0.29, 0.717) is 0 Å². The molecule has 0 fully saturated rings. The first-order chi connectivity index (χ1) is 5.95. The number of rotatable bonds is 2. The molecule has 2 rings (SSSR count). The number of hydrogen-bond donors (Lipinski definition) is 1. The minimum absolute atomic E-state index is 0.758. The minimum Gasteiger partial charge on any atom is -0.264 e. The molecule has 4 nitrogen and oxygen atoms in total. The highest BCUT2D eigenvalue weighted by Gasteiger charge is 1.96. The van der Waals surface area contributed by atoms with Crippen molar-refractivity contribution in [3.8, 4) is 0 Å². The predicted octanol–water partition coefficient (Wildman–Crippen LogP) is 0.790. The molecule has 0 aromatic carbocycles. The van der Waals surface area contributed by atoms with Crippen molar-refractivity contribution in [3.05, 3.63) is 42.2 Å². The van der Waals surface area contributed by atoms with Crippen molar-refractivity contribution in [2.45, 2.75) is 6.42 Å². The van der Waals surface area contributed by atoms with E-state index in [1.54, 1.807) is 6.20 Å². The first-order valence-corrected chi connectivity index (χ1v) is 3.68. The van der Waals surface area contributed by atoms with Gasteiger partial charge in [-0.15, -0.1) is 0 Å². The summed E-state index contributed by atoms with van der Waals surface area (Å²) in [5.74, 6) is 0.864. The Kier molecular flexibility index (Phi) is 1.82. The predicted molar refractivity (Wildman–Crippen MR) is 43.4 cm³/mol. The zero-order valence-electron chi connectivity index (χ0n) is 6.44. The van der Waals surface area contributed by atoms with Crippen molar-refractivity contribution >= 4 is 0 Å². The van der Waals surface area contributed by atoms with Crippen molar-refractivity contribution in [1.82, 2.24) is 20.2 Å². The fourth-order valence-electron chi connectivity index (χ4n) is 1.01. The van der Waals surface area contributed by atoms with E-state index in [1.807, 2.05) is 18.3 Å². The summed E-state index contributed by atoms with van der Waals surface area (Å²) in [6, 6.07) is 3.92. The molecular formula is C8H8N4. The summed E-state index contributed by atoms with van der Waals surface area (Å²) in [6.45, 7) is 0. The molecule has 1 N–H and O–H groups in total. The Bertz CT molecular complexity index is 327. The number of H-pyrrole nitrogens is 1. The molecule has 0 spiro atoms. The molecule has 0 saturated heterocycles. The molecule has 0 amide bonds. The van der Waals surface area contributed by atoms with Crippen LogP contribution in [0.5, 0.6) is 0 Å². The number of nitrogens with zero attached hydrogens (tertiary/aromatic N) is 3. The topological polar surface area (TPSA) is 54.5 Å².